The molecule has 0 bridgehead atoms. The fourth-order valence-corrected chi connectivity index (χ4v) is 3.88. The summed E-state index contributed by atoms with van der Waals surface area (Å²) in [5.41, 5.74) is 3.78. The Morgan fingerprint density at radius 2 is 1.95 bits per heavy atom. The number of hydrazine groups is 1. The number of carbonyl (C=O) groups is 2. The normalized spacial score (nSPS) is 16.2. The third-order valence-corrected chi connectivity index (χ3v) is 6.36. The zero-order chi connectivity index (χ0) is 30.2. The van der Waals surface area contributed by atoms with Crippen molar-refractivity contribution in [1.82, 2.24) is 25.9 Å². The first-order valence-electron chi connectivity index (χ1n) is 13.3. The molecule has 1 aromatic rings. The Kier molecular flexibility index (Phi) is 15.9. The molecule has 5 N–H and O–H groups in total. The average molecular weight is 581 g/mol. The zero-order valence-electron chi connectivity index (χ0n) is 24.3. The minimum atomic E-state index is -2.68. The van der Waals surface area contributed by atoms with Crippen LogP contribution in [-0.2, 0) is 16.0 Å². The number of rotatable bonds is 10. The Bertz CT molecular complexity index is 1100. The number of hydrogen-bond acceptors (Lipinski definition) is 8. The van der Waals surface area contributed by atoms with Crippen molar-refractivity contribution in [3.8, 4) is 11.8 Å². The molecule has 1 saturated carbocycles. The summed E-state index contributed by atoms with van der Waals surface area (Å²) in [6.45, 7) is 8.00. The molecule has 2 aliphatic rings. The fourth-order valence-electron chi connectivity index (χ4n) is 3.25. The first kappa shape index (κ1) is 34.9. The van der Waals surface area contributed by atoms with Crippen LogP contribution in [0, 0.1) is 17.8 Å². The second-order valence-corrected chi connectivity index (χ2v) is 9.53. The van der Waals surface area contributed by atoms with Gasteiger partial charge in [0.1, 0.15) is 17.2 Å². The highest BCUT2D eigenvalue weighted by molar-refractivity contribution is 8.00. The van der Waals surface area contributed by atoms with Gasteiger partial charge in [0.15, 0.2) is 0 Å². The highest BCUT2D eigenvalue weighted by Gasteiger charge is 2.27. The summed E-state index contributed by atoms with van der Waals surface area (Å²) in [5, 5.41) is 5.01. The quantitative estimate of drug-likeness (QED) is 0.144. The molecule has 222 valence electrons. The van der Waals surface area contributed by atoms with E-state index in [-0.39, 0.29) is 34.9 Å². The lowest BCUT2D eigenvalue weighted by molar-refractivity contribution is -0.128. The molecule has 2 unspecified atom stereocenters. The molecular weight excluding hydrogens is 538 g/mol. The number of nitrogens with two attached hydrogens (primary N) is 1. The number of likely N-dealkylation sites (N-methyl/N-ethyl adjacent to an activating group) is 1. The Morgan fingerprint density at radius 3 is 2.50 bits per heavy atom. The molecule has 1 aromatic heterocycles. The van der Waals surface area contributed by atoms with E-state index in [9.17, 15) is 18.4 Å². The molecule has 3 rings (SSSR count). The van der Waals surface area contributed by atoms with E-state index in [0.717, 1.165) is 12.8 Å². The molecule has 0 aromatic carbocycles. The van der Waals surface area contributed by atoms with Crippen LogP contribution >= 0.6 is 11.8 Å². The van der Waals surface area contributed by atoms with Gasteiger partial charge in [-0.25, -0.2) is 14.2 Å². The molecule has 2 amide bonds. The van der Waals surface area contributed by atoms with Gasteiger partial charge < -0.3 is 20.3 Å². The number of hydrogen-bond donors (Lipinski definition) is 4. The molecule has 12 heteroatoms. The van der Waals surface area contributed by atoms with Gasteiger partial charge in [-0.3, -0.25) is 20.4 Å². The SMILES string of the molecule is CC.CC.COC1=CNC(C(F)F)C=C1c1cc(CC(=O)N(C)C)ncc1C(=O)NCSC(C#CC1CC1)NN. The maximum Gasteiger partial charge on any atom is 0.261 e. The van der Waals surface area contributed by atoms with Gasteiger partial charge in [-0.05, 0) is 25.0 Å². The summed E-state index contributed by atoms with van der Waals surface area (Å²) >= 11 is 1.31. The van der Waals surface area contributed by atoms with Gasteiger partial charge >= 0.3 is 0 Å². The maximum atomic E-state index is 13.5. The molecule has 9 nitrogen and oxygen atoms in total. The first-order chi connectivity index (χ1) is 19.2. The van der Waals surface area contributed by atoms with E-state index in [1.807, 2.05) is 27.7 Å². The molecule has 40 heavy (non-hydrogen) atoms. The van der Waals surface area contributed by atoms with Gasteiger partial charge in [0.25, 0.3) is 12.3 Å². The second kappa shape index (κ2) is 18.3. The summed E-state index contributed by atoms with van der Waals surface area (Å²) in [7, 11) is 4.64. The lowest BCUT2D eigenvalue weighted by atomic mass is 9.94. The van der Waals surface area contributed by atoms with Crippen LogP contribution in [0.25, 0.3) is 5.57 Å². The van der Waals surface area contributed by atoms with E-state index >= 15 is 0 Å². The van der Waals surface area contributed by atoms with E-state index < -0.39 is 18.4 Å². The Morgan fingerprint density at radius 1 is 1.27 bits per heavy atom. The second-order valence-electron chi connectivity index (χ2n) is 8.43. The fraction of sp³-hybridized carbons (Fsp3) is 0.536. The number of amides is 2. The topological polar surface area (TPSA) is 122 Å². The minimum Gasteiger partial charge on any atom is -0.495 e. The number of methoxy groups -OCH3 is 1. The lowest BCUT2D eigenvalue weighted by Gasteiger charge is -2.24. The van der Waals surface area contributed by atoms with E-state index in [1.54, 1.807) is 20.2 Å². The molecule has 2 atom stereocenters. The molecule has 0 spiro atoms. The van der Waals surface area contributed by atoms with Crippen molar-refractivity contribution in [3.63, 3.8) is 0 Å². The van der Waals surface area contributed by atoms with Gasteiger partial charge in [-0.1, -0.05) is 39.5 Å². The van der Waals surface area contributed by atoms with Crippen LogP contribution in [0.1, 0.15) is 62.2 Å². The van der Waals surface area contributed by atoms with Crippen molar-refractivity contribution in [2.24, 2.45) is 11.8 Å². The van der Waals surface area contributed by atoms with Crippen molar-refractivity contribution < 1.29 is 23.1 Å². The number of alkyl halides is 2. The van der Waals surface area contributed by atoms with Crippen molar-refractivity contribution in [3.05, 3.63) is 47.1 Å². The Labute approximate surface area is 240 Å². The van der Waals surface area contributed by atoms with Crippen LogP contribution in [0.4, 0.5) is 8.78 Å². The molecule has 1 aliphatic carbocycles. The standard InChI is InChI=1S/C24H30F2N6O3S.2C2H6/c1-32(2)22(33)9-15-8-16(17-10-19(23(25)26)29-12-20(17)35-3)18(11-28-15)24(34)30-13-36-21(31-27)7-6-14-4-5-14;2*1-2/h8,10-12,14,19,21,23,29,31H,4-5,9,13,27H2,1-3H3,(H,30,34);2*1-2H3. The highest BCUT2D eigenvalue weighted by Crippen LogP contribution is 2.31. The third kappa shape index (κ3) is 10.8. The molecule has 0 saturated heterocycles. The Hall–Kier alpha value is -3.14. The number of halogens is 2. The van der Waals surface area contributed by atoms with Gasteiger partial charge in [-0.2, -0.15) is 0 Å². The minimum absolute atomic E-state index is 0.0168. The van der Waals surface area contributed by atoms with Crippen molar-refractivity contribution in [2.75, 3.05) is 27.1 Å². The maximum absolute atomic E-state index is 13.5. The molecule has 1 fully saturated rings. The summed E-state index contributed by atoms with van der Waals surface area (Å²) in [6.07, 6.45) is 3.47. The Balaban J connectivity index is 0.00000191. The summed E-state index contributed by atoms with van der Waals surface area (Å²) in [5.74, 6) is 11.9. The largest absolute Gasteiger partial charge is 0.495 e. The summed E-state index contributed by atoms with van der Waals surface area (Å²) < 4.78 is 32.3. The molecule has 0 radical (unpaired) electrons. The van der Waals surface area contributed by atoms with Crippen molar-refractivity contribution in [2.45, 2.75) is 64.8 Å². The van der Waals surface area contributed by atoms with Gasteiger partial charge in [-0.15, -0.1) is 11.8 Å². The number of carbonyl (C=O) groups excluding carboxylic acids is 2. The third-order valence-electron chi connectivity index (χ3n) is 5.47. The van der Waals surface area contributed by atoms with Crippen LogP contribution < -0.4 is 21.9 Å². The van der Waals surface area contributed by atoms with Gasteiger partial charge in [0.2, 0.25) is 5.91 Å². The number of pyridine rings is 1. The zero-order valence-corrected chi connectivity index (χ0v) is 25.1. The number of dihydropyridines is 1. The number of aromatic nitrogens is 1. The van der Waals surface area contributed by atoms with E-state index in [2.05, 4.69) is 32.9 Å². The predicted octanol–water partition coefficient (Wildman–Crippen LogP) is 3.50. The van der Waals surface area contributed by atoms with Crippen LogP contribution in [0.3, 0.4) is 0 Å². The van der Waals surface area contributed by atoms with Gasteiger partial charge in [0, 0.05) is 43.5 Å². The average Bonchev–Trinajstić information content (AvgIpc) is 3.81. The van der Waals surface area contributed by atoms with Gasteiger partial charge in [0.05, 0.1) is 30.7 Å². The van der Waals surface area contributed by atoms with Crippen LogP contribution in [0.15, 0.2) is 30.3 Å². The van der Waals surface area contributed by atoms with E-state index in [0.29, 0.717) is 22.7 Å². The molecule has 1 aliphatic heterocycles. The number of allylic oxidation sites excluding steroid dienone is 1. The number of nitrogens with one attached hydrogen (secondary N) is 3. The summed E-state index contributed by atoms with van der Waals surface area (Å²) in [4.78, 5) is 31.1. The smallest absolute Gasteiger partial charge is 0.261 e. The molecular formula is C28H42F2N6O3S. The molecule has 2 heterocycles. The number of nitrogens with zero attached hydrogens (tertiary/aromatic N) is 2. The predicted molar refractivity (Wildman–Crippen MR) is 157 cm³/mol. The highest BCUT2D eigenvalue weighted by atomic mass is 32.2. The first-order valence-corrected chi connectivity index (χ1v) is 14.3. The van der Waals surface area contributed by atoms with E-state index in [1.165, 1.54) is 42.2 Å². The number of thioether (sulfide) groups is 1. The lowest BCUT2D eigenvalue weighted by Crippen LogP contribution is -2.34. The van der Waals surface area contributed by atoms with Crippen LogP contribution in [-0.4, -0.2) is 66.6 Å². The monoisotopic (exact) mass is 580 g/mol. The van der Waals surface area contributed by atoms with Crippen LogP contribution in [0.5, 0.6) is 0 Å². The van der Waals surface area contributed by atoms with Crippen molar-refractivity contribution in [1.29, 1.82) is 0 Å². The number of ether oxygens (including phenoxy) is 1. The van der Waals surface area contributed by atoms with Crippen molar-refractivity contribution >= 4 is 29.1 Å². The summed E-state index contributed by atoms with van der Waals surface area (Å²) in [6, 6.07) is 0.285. The van der Waals surface area contributed by atoms with E-state index in [4.69, 9.17) is 10.6 Å². The van der Waals surface area contributed by atoms with Crippen LogP contribution in [0.2, 0.25) is 0 Å².